The zero-order valence-electron chi connectivity index (χ0n) is 12.9. The van der Waals surface area contributed by atoms with E-state index in [9.17, 15) is 0 Å². The van der Waals surface area contributed by atoms with Gasteiger partial charge in [0, 0.05) is 24.8 Å². The highest BCUT2D eigenvalue weighted by molar-refractivity contribution is 5.06. The van der Waals surface area contributed by atoms with Crippen LogP contribution in [0.5, 0.6) is 0 Å². The Hall–Kier alpha value is -0.970. The first kappa shape index (κ1) is 15.4. The number of nitrogens with two attached hydrogens (primary N) is 1. The van der Waals surface area contributed by atoms with Gasteiger partial charge in [0.2, 0.25) is 0 Å². The molecule has 2 unspecified atom stereocenters. The Labute approximate surface area is 122 Å². The molecule has 2 atom stereocenters. The van der Waals surface area contributed by atoms with Gasteiger partial charge in [-0.3, -0.25) is 9.88 Å². The SMILES string of the molecule is CCN(Cc1ccccn1)C1(CN)CC(C)OC(C)C1. The maximum atomic E-state index is 6.18. The van der Waals surface area contributed by atoms with Crippen molar-refractivity contribution in [3.8, 4) is 0 Å². The Morgan fingerprint density at radius 2 is 2.05 bits per heavy atom. The number of aromatic nitrogens is 1. The predicted octanol–water partition coefficient (Wildman–Crippen LogP) is 2.19. The van der Waals surface area contributed by atoms with E-state index in [4.69, 9.17) is 10.5 Å². The average molecular weight is 277 g/mol. The van der Waals surface area contributed by atoms with E-state index in [-0.39, 0.29) is 17.7 Å². The summed E-state index contributed by atoms with van der Waals surface area (Å²) in [6.45, 7) is 9.00. The molecule has 2 N–H and O–H groups in total. The van der Waals surface area contributed by atoms with Crippen molar-refractivity contribution < 1.29 is 4.74 Å². The minimum absolute atomic E-state index is 0.0311. The van der Waals surface area contributed by atoms with Gasteiger partial charge in [0.25, 0.3) is 0 Å². The largest absolute Gasteiger partial charge is 0.375 e. The smallest absolute Gasteiger partial charge is 0.0568 e. The van der Waals surface area contributed by atoms with E-state index in [2.05, 4.69) is 36.7 Å². The van der Waals surface area contributed by atoms with Gasteiger partial charge in [-0.15, -0.1) is 0 Å². The Morgan fingerprint density at radius 3 is 2.55 bits per heavy atom. The van der Waals surface area contributed by atoms with Crippen molar-refractivity contribution in [3.05, 3.63) is 30.1 Å². The van der Waals surface area contributed by atoms with Gasteiger partial charge in [-0.1, -0.05) is 13.0 Å². The van der Waals surface area contributed by atoms with E-state index in [0.29, 0.717) is 6.54 Å². The molecule has 2 rings (SSSR count). The van der Waals surface area contributed by atoms with Crippen molar-refractivity contribution in [1.29, 1.82) is 0 Å². The van der Waals surface area contributed by atoms with Gasteiger partial charge in [-0.25, -0.2) is 0 Å². The molecule has 1 saturated heterocycles. The Morgan fingerprint density at radius 1 is 1.35 bits per heavy atom. The van der Waals surface area contributed by atoms with E-state index in [0.717, 1.165) is 31.6 Å². The third-order valence-corrected chi connectivity index (χ3v) is 4.31. The van der Waals surface area contributed by atoms with E-state index >= 15 is 0 Å². The highest BCUT2D eigenvalue weighted by Crippen LogP contribution is 2.34. The molecule has 1 aromatic rings. The van der Waals surface area contributed by atoms with Crippen molar-refractivity contribution in [2.24, 2.45) is 5.73 Å². The van der Waals surface area contributed by atoms with Gasteiger partial charge < -0.3 is 10.5 Å². The number of nitrogens with zero attached hydrogens (tertiary/aromatic N) is 2. The molecule has 0 radical (unpaired) electrons. The summed E-state index contributed by atoms with van der Waals surface area (Å²) in [6.07, 6.45) is 4.37. The van der Waals surface area contributed by atoms with Crippen LogP contribution >= 0.6 is 0 Å². The summed E-state index contributed by atoms with van der Waals surface area (Å²) in [5, 5.41) is 0. The molecule has 0 spiro atoms. The number of rotatable bonds is 5. The van der Waals surface area contributed by atoms with Crippen LogP contribution in [0.2, 0.25) is 0 Å². The van der Waals surface area contributed by atoms with Gasteiger partial charge in [0.15, 0.2) is 0 Å². The van der Waals surface area contributed by atoms with Crippen LogP contribution in [0.3, 0.4) is 0 Å². The van der Waals surface area contributed by atoms with Gasteiger partial charge in [0.1, 0.15) is 0 Å². The summed E-state index contributed by atoms with van der Waals surface area (Å²) in [5.74, 6) is 0. The van der Waals surface area contributed by atoms with Crippen LogP contribution in [-0.4, -0.2) is 40.7 Å². The molecule has 2 heterocycles. The average Bonchev–Trinajstić information content (AvgIpc) is 2.44. The molecular formula is C16H27N3O. The highest BCUT2D eigenvalue weighted by Gasteiger charge is 2.41. The predicted molar refractivity (Wildman–Crippen MR) is 81.3 cm³/mol. The second kappa shape index (κ2) is 6.66. The van der Waals surface area contributed by atoms with E-state index in [1.165, 1.54) is 0 Å². The van der Waals surface area contributed by atoms with E-state index < -0.39 is 0 Å². The first-order valence-electron chi connectivity index (χ1n) is 7.60. The maximum absolute atomic E-state index is 6.18. The third-order valence-electron chi connectivity index (χ3n) is 4.31. The number of hydrogen-bond donors (Lipinski definition) is 1. The fraction of sp³-hybridized carbons (Fsp3) is 0.688. The van der Waals surface area contributed by atoms with Crippen LogP contribution in [0.1, 0.15) is 39.3 Å². The molecule has 20 heavy (non-hydrogen) atoms. The summed E-state index contributed by atoms with van der Waals surface area (Å²) in [6, 6.07) is 6.08. The minimum atomic E-state index is 0.0311. The zero-order valence-corrected chi connectivity index (χ0v) is 12.9. The lowest BCUT2D eigenvalue weighted by atomic mass is 9.82. The topological polar surface area (TPSA) is 51.4 Å². The van der Waals surface area contributed by atoms with Gasteiger partial charge in [-0.05, 0) is 45.4 Å². The van der Waals surface area contributed by atoms with Crippen molar-refractivity contribution in [2.75, 3.05) is 13.1 Å². The van der Waals surface area contributed by atoms with E-state index in [1.807, 2.05) is 18.3 Å². The van der Waals surface area contributed by atoms with E-state index in [1.54, 1.807) is 0 Å². The summed E-state index contributed by atoms with van der Waals surface area (Å²) >= 11 is 0. The minimum Gasteiger partial charge on any atom is -0.375 e. The molecule has 112 valence electrons. The zero-order chi connectivity index (χ0) is 14.6. The quantitative estimate of drug-likeness (QED) is 0.896. The van der Waals surface area contributed by atoms with Crippen LogP contribution in [0.15, 0.2) is 24.4 Å². The fourth-order valence-corrected chi connectivity index (χ4v) is 3.50. The van der Waals surface area contributed by atoms with Gasteiger partial charge >= 0.3 is 0 Å². The lowest BCUT2D eigenvalue weighted by Crippen LogP contribution is -2.59. The number of likely N-dealkylation sites (N-methyl/N-ethyl adjacent to an activating group) is 1. The summed E-state index contributed by atoms with van der Waals surface area (Å²) in [4.78, 5) is 6.93. The molecular weight excluding hydrogens is 250 g/mol. The van der Waals surface area contributed by atoms with Crippen molar-refractivity contribution in [3.63, 3.8) is 0 Å². The number of ether oxygens (including phenoxy) is 1. The van der Waals surface area contributed by atoms with Gasteiger partial charge in [0.05, 0.1) is 17.9 Å². The summed E-state index contributed by atoms with van der Waals surface area (Å²) in [7, 11) is 0. The highest BCUT2D eigenvalue weighted by atomic mass is 16.5. The van der Waals surface area contributed by atoms with Crippen LogP contribution in [0.25, 0.3) is 0 Å². The second-order valence-corrected chi connectivity index (χ2v) is 5.93. The molecule has 4 heteroatoms. The molecule has 0 aromatic carbocycles. The van der Waals surface area contributed by atoms with Crippen LogP contribution in [-0.2, 0) is 11.3 Å². The molecule has 1 aromatic heterocycles. The standard InChI is InChI=1S/C16H27N3O/c1-4-19(11-15-7-5-6-8-18-15)16(12-17)9-13(2)20-14(3)10-16/h5-8,13-14H,4,9-12,17H2,1-3H3. The third kappa shape index (κ3) is 3.37. The van der Waals surface area contributed by atoms with Gasteiger partial charge in [-0.2, -0.15) is 0 Å². The normalized spacial score (nSPS) is 30.6. The van der Waals surface area contributed by atoms with Crippen molar-refractivity contribution >= 4 is 0 Å². The maximum Gasteiger partial charge on any atom is 0.0568 e. The Balaban J connectivity index is 2.18. The van der Waals surface area contributed by atoms with Crippen molar-refractivity contribution in [1.82, 2.24) is 9.88 Å². The Bertz CT molecular complexity index is 399. The van der Waals surface area contributed by atoms with Crippen LogP contribution in [0.4, 0.5) is 0 Å². The molecule has 1 fully saturated rings. The first-order valence-corrected chi connectivity index (χ1v) is 7.60. The lowest BCUT2D eigenvalue weighted by Gasteiger charge is -2.49. The molecule has 4 nitrogen and oxygen atoms in total. The molecule has 0 amide bonds. The van der Waals surface area contributed by atoms with Crippen molar-refractivity contribution in [2.45, 2.75) is 57.9 Å². The molecule has 1 aliphatic heterocycles. The first-order chi connectivity index (χ1) is 9.59. The monoisotopic (exact) mass is 277 g/mol. The summed E-state index contributed by atoms with van der Waals surface area (Å²) in [5.41, 5.74) is 7.31. The Kier molecular flexibility index (Phi) is 5.13. The fourth-order valence-electron chi connectivity index (χ4n) is 3.50. The molecule has 1 aliphatic rings. The second-order valence-electron chi connectivity index (χ2n) is 5.93. The van der Waals surface area contributed by atoms with Crippen LogP contribution in [0, 0.1) is 0 Å². The molecule has 0 bridgehead atoms. The number of pyridine rings is 1. The molecule has 0 saturated carbocycles. The number of hydrogen-bond acceptors (Lipinski definition) is 4. The lowest BCUT2D eigenvalue weighted by molar-refractivity contribution is -0.105. The summed E-state index contributed by atoms with van der Waals surface area (Å²) < 4.78 is 5.89. The van der Waals surface area contributed by atoms with Crippen LogP contribution < -0.4 is 5.73 Å². The molecule has 0 aliphatic carbocycles.